The monoisotopic (exact) mass is 365 g/mol. The number of nitrogens with one attached hydrogen (secondary N) is 2. The Kier molecular flexibility index (Phi) is 5.51. The van der Waals surface area contributed by atoms with Crippen molar-refractivity contribution < 1.29 is 19.1 Å². The SMILES string of the molecule is COc1ccc(C(=O)NNC(=O)Cc2cccc3cccnc23)cc1OC. The summed E-state index contributed by atoms with van der Waals surface area (Å²) in [7, 11) is 3.00. The van der Waals surface area contributed by atoms with Gasteiger partial charge >= 0.3 is 0 Å². The molecule has 0 saturated carbocycles. The van der Waals surface area contributed by atoms with Gasteiger partial charge < -0.3 is 9.47 Å². The summed E-state index contributed by atoms with van der Waals surface area (Å²) < 4.78 is 10.3. The highest BCUT2D eigenvalue weighted by molar-refractivity contribution is 5.96. The summed E-state index contributed by atoms with van der Waals surface area (Å²) in [5.74, 6) is 0.141. The lowest BCUT2D eigenvalue weighted by atomic mass is 10.1. The van der Waals surface area contributed by atoms with E-state index in [2.05, 4.69) is 15.8 Å². The van der Waals surface area contributed by atoms with E-state index in [4.69, 9.17) is 9.47 Å². The van der Waals surface area contributed by atoms with Crippen LogP contribution in [0.15, 0.2) is 54.7 Å². The number of carbonyl (C=O) groups is 2. The van der Waals surface area contributed by atoms with E-state index in [1.54, 1.807) is 18.3 Å². The number of fused-ring (bicyclic) bond motifs is 1. The van der Waals surface area contributed by atoms with Crippen molar-refractivity contribution >= 4 is 22.7 Å². The molecule has 2 amide bonds. The smallest absolute Gasteiger partial charge is 0.269 e. The number of carbonyl (C=O) groups excluding carboxylic acids is 2. The van der Waals surface area contributed by atoms with Crippen LogP contribution in [0.2, 0.25) is 0 Å². The van der Waals surface area contributed by atoms with E-state index in [9.17, 15) is 9.59 Å². The van der Waals surface area contributed by atoms with Crippen LogP contribution in [0.5, 0.6) is 11.5 Å². The van der Waals surface area contributed by atoms with E-state index in [0.29, 0.717) is 17.1 Å². The molecule has 0 atom stereocenters. The van der Waals surface area contributed by atoms with Gasteiger partial charge in [-0.05, 0) is 29.8 Å². The number of para-hydroxylation sites is 1. The summed E-state index contributed by atoms with van der Waals surface area (Å²) in [5, 5.41) is 0.956. The number of rotatable bonds is 5. The third-order valence-corrected chi connectivity index (χ3v) is 4.03. The van der Waals surface area contributed by atoms with Gasteiger partial charge in [-0.25, -0.2) is 0 Å². The molecule has 0 aliphatic carbocycles. The molecule has 0 unspecified atom stereocenters. The molecular formula is C20H19N3O4. The van der Waals surface area contributed by atoms with Gasteiger partial charge in [0.25, 0.3) is 5.91 Å². The number of hydrogen-bond donors (Lipinski definition) is 2. The molecule has 27 heavy (non-hydrogen) atoms. The summed E-state index contributed by atoms with van der Waals surface area (Å²) in [6, 6.07) is 14.2. The predicted molar refractivity (Wildman–Crippen MR) is 101 cm³/mol. The Morgan fingerprint density at radius 3 is 2.52 bits per heavy atom. The van der Waals surface area contributed by atoms with Crippen molar-refractivity contribution in [3.8, 4) is 11.5 Å². The van der Waals surface area contributed by atoms with Crippen molar-refractivity contribution in [2.24, 2.45) is 0 Å². The molecule has 2 aromatic carbocycles. The van der Waals surface area contributed by atoms with Crippen LogP contribution in [0.1, 0.15) is 15.9 Å². The van der Waals surface area contributed by atoms with Gasteiger partial charge in [0.2, 0.25) is 5.91 Å². The molecule has 1 aromatic heterocycles. The highest BCUT2D eigenvalue weighted by atomic mass is 16.5. The lowest BCUT2D eigenvalue weighted by Crippen LogP contribution is -2.42. The first-order valence-corrected chi connectivity index (χ1v) is 8.26. The zero-order valence-corrected chi connectivity index (χ0v) is 15.0. The minimum Gasteiger partial charge on any atom is -0.493 e. The third-order valence-electron chi connectivity index (χ3n) is 4.03. The summed E-state index contributed by atoms with van der Waals surface area (Å²) in [4.78, 5) is 28.8. The average Bonchev–Trinajstić information content (AvgIpc) is 2.71. The fraction of sp³-hybridized carbons (Fsp3) is 0.150. The number of aromatic nitrogens is 1. The number of hydrazine groups is 1. The zero-order valence-electron chi connectivity index (χ0n) is 15.0. The van der Waals surface area contributed by atoms with Crippen molar-refractivity contribution in [3.05, 3.63) is 65.9 Å². The first-order chi connectivity index (χ1) is 13.1. The van der Waals surface area contributed by atoms with Gasteiger partial charge in [0.1, 0.15) is 0 Å². The average molecular weight is 365 g/mol. The summed E-state index contributed by atoms with van der Waals surface area (Å²) in [5.41, 5.74) is 6.70. The molecule has 138 valence electrons. The van der Waals surface area contributed by atoms with Crippen LogP contribution < -0.4 is 20.3 Å². The molecular weight excluding hydrogens is 346 g/mol. The highest BCUT2D eigenvalue weighted by Gasteiger charge is 2.12. The second kappa shape index (κ2) is 8.18. The second-order valence-electron chi connectivity index (χ2n) is 5.74. The van der Waals surface area contributed by atoms with Gasteiger partial charge in [-0.1, -0.05) is 24.3 Å². The Bertz CT molecular complexity index is 983. The molecule has 0 bridgehead atoms. The number of benzene rings is 2. The Labute approximate surface area is 156 Å². The lowest BCUT2D eigenvalue weighted by Gasteiger charge is -2.11. The quantitative estimate of drug-likeness (QED) is 0.677. The standard InChI is InChI=1S/C20H19N3O4/c1-26-16-9-8-15(11-17(16)27-2)20(25)23-22-18(24)12-14-6-3-5-13-7-4-10-21-19(13)14/h3-11H,12H2,1-2H3,(H,22,24)(H,23,25). The molecule has 0 spiro atoms. The molecule has 3 aromatic rings. The summed E-state index contributed by atoms with van der Waals surface area (Å²) in [6.45, 7) is 0. The minimum atomic E-state index is -0.458. The van der Waals surface area contributed by atoms with Gasteiger partial charge in [0, 0.05) is 17.1 Å². The van der Waals surface area contributed by atoms with E-state index >= 15 is 0 Å². The molecule has 1 heterocycles. The van der Waals surface area contributed by atoms with Crippen molar-refractivity contribution in [2.75, 3.05) is 14.2 Å². The molecule has 0 aliphatic rings. The maximum atomic E-state index is 12.2. The van der Waals surface area contributed by atoms with Crippen molar-refractivity contribution in [1.29, 1.82) is 0 Å². The number of amides is 2. The first kappa shape index (κ1) is 18.2. The maximum absolute atomic E-state index is 12.2. The topological polar surface area (TPSA) is 89.6 Å². The van der Waals surface area contributed by atoms with Crippen LogP contribution in [-0.2, 0) is 11.2 Å². The van der Waals surface area contributed by atoms with Crippen molar-refractivity contribution in [1.82, 2.24) is 15.8 Å². The normalized spacial score (nSPS) is 10.3. The van der Waals surface area contributed by atoms with Gasteiger partial charge in [-0.3, -0.25) is 25.4 Å². The van der Waals surface area contributed by atoms with Crippen LogP contribution in [0, 0.1) is 0 Å². The second-order valence-corrected chi connectivity index (χ2v) is 5.74. The maximum Gasteiger partial charge on any atom is 0.269 e. The molecule has 0 radical (unpaired) electrons. The fourth-order valence-electron chi connectivity index (χ4n) is 2.70. The third kappa shape index (κ3) is 4.14. The molecule has 3 rings (SSSR count). The predicted octanol–water partition coefficient (Wildman–Crippen LogP) is 2.26. The first-order valence-electron chi connectivity index (χ1n) is 8.26. The molecule has 2 N–H and O–H groups in total. The molecule has 0 saturated heterocycles. The number of methoxy groups -OCH3 is 2. The van der Waals surface area contributed by atoms with Crippen molar-refractivity contribution in [3.63, 3.8) is 0 Å². The molecule has 0 fully saturated rings. The zero-order chi connectivity index (χ0) is 19.2. The van der Waals surface area contributed by atoms with Gasteiger partial charge in [0.15, 0.2) is 11.5 Å². The largest absolute Gasteiger partial charge is 0.493 e. The van der Waals surface area contributed by atoms with Crippen LogP contribution in [-0.4, -0.2) is 31.0 Å². The molecule has 0 aliphatic heterocycles. The van der Waals surface area contributed by atoms with Crippen LogP contribution in [0.25, 0.3) is 10.9 Å². The lowest BCUT2D eigenvalue weighted by molar-refractivity contribution is -0.121. The van der Waals surface area contributed by atoms with E-state index in [0.717, 1.165) is 16.5 Å². The van der Waals surface area contributed by atoms with Gasteiger partial charge in [-0.15, -0.1) is 0 Å². The van der Waals surface area contributed by atoms with Crippen LogP contribution in [0.3, 0.4) is 0 Å². The number of nitrogens with zero attached hydrogens (tertiary/aromatic N) is 1. The minimum absolute atomic E-state index is 0.0978. The Morgan fingerprint density at radius 2 is 1.74 bits per heavy atom. The Morgan fingerprint density at radius 1 is 0.963 bits per heavy atom. The van der Waals surface area contributed by atoms with Crippen LogP contribution in [0.4, 0.5) is 0 Å². The number of pyridine rings is 1. The Hall–Kier alpha value is -3.61. The van der Waals surface area contributed by atoms with Crippen molar-refractivity contribution in [2.45, 2.75) is 6.42 Å². The number of hydrogen-bond acceptors (Lipinski definition) is 5. The van der Waals surface area contributed by atoms with E-state index < -0.39 is 5.91 Å². The van der Waals surface area contributed by atoms with E-state index in [-0.39, 0.29) is 12.3 Å². The van der Waals surface area contributed by atoms with Crippen LogP contribution >= 0.6 is 0 Å². The fourth-order valence-corrected chi connectivity index (χ4v) is 2.70. The summed E-state index contributed by atoms with van der Waals surface area (Å²) in [6.07, 6.45) is 1.78. The number of ether oxygens (including phenoxy) is 2. The Balaban J connectivity index is 1.64. The highest BCUT2D eigenvalue weighted by Crippen LogP contribution is 2.27. The van der Waals surface area contributed by atoms with Gasteiger partial charge in [-0.2, -0.15) is 0 Å². The summed E-state index contributed by atoms with van der Waals surface area (Å²) >= 11 is 0. The molecule has 7 nitrogen and oxygen atoms in total. The van der Waals surface area contributed by atoms with Gasteiger partial charge in [0.05, 0.1) is 26.2 Å². The van der Waals surface area contributed by atoms with E-state index in [1.807, 2.05) is 30.3 Å². The van der Waals surface area contributed by atoms with E-state index in [1.165, 1.54) is 20.3 Å². The molecule has 7 heteroatoms.